The third kappa shape index (κ3) is 2.84. The van der Waals surface area contributed by atoms with E-state index in [1.54, 1.807) is 6.20 Å². The van der Waals surface area contributed by atoms with Crippen molar-refractivity contribution in [3.63, 3.8) is 0 Å². The SMILES string of the molecule is CN1CC(=O)N(c2ccccc2)C[C@]12CCN(C(=O)c1cnccn1)C2. The highest BCUT2D eigenvalue weighted by molar-refractivity contribution is 5.96. The lowest BCUT2D eigenvalue weighted by Gasteiger charge is -2.46. The molecule has 1 aromatic carbocycles. The Bertz CT molecular complexity index is 813. The van der Waals surface area contributed by atoms with E-state index in [0.29, 0.717) is 31.9 Å². The minimum atomic E-state index is -0.235. The summed E-state index contributed by atoms with van der Waals surface area (Å²) in [5.41, 5.74) is 1.03. The van der Waals surface area contributed by atoms with Crippen molar-refractivity contribution in [3.8, 4) is 0 Å². The van der Waals surface area contributed by atoms with Gasteiger partial charge >= 0.3 is 0 Å². The van der Waals surface area contributed by atoms with Gasteiger partial charge in [-0.15, -0.1) is 0 Å². The number of para-hydroxylation sites is 1. The number of aromatic nitrogens is 2. The number of anilines is 1. The average molecular weight is 351 g/mol. The van der Waals surface area contributed by atoms with Gasteiger partial charge in [0, 0.05) is 37.7 Å². The maximum Gasteiger partial charge on any atom is 0.274 e. The first-order valence-electron chi connectivity index (χ1n) is 8.71. The van der Waals surface area contributed by atoms with Crippen LogP contribution in [0.5, 0.6) is 0 Å². The zero-order chi connectivity index (χ0) is 18.1. The molecule has 7 heteroatoms. The van der Waals surface area contributed by atoms with Crippen molar-refractivity contribution < 1.29 is 9.59 Å². The van der Waals surface area contributed by atoms with Crippen LogP contribution < -0.4 is 4.90 Å². The van der Waals surface area contributed by atoms with E-state index in [4.69, 9.17) is 0 Å². The second-order valence-corrected chi connectivity index (χ2v) is 6.96. The summed E-state index contributed by atoms with van der Waals surface area (Å²) in [6.45, 7) is 2.16. The summed E-state index contributed by atoms with van der Waals surface area (Å²) in [6, 6.07) is 9.72. The van der Waals surface area contributed by atoms with E-state index in [0.717, 1.165) is 12.1 Å². The predicted molar refractivity (Wildman–Crippen MR) is 96.7 cm³/mol. The monoisotopic (exact) mass is 351 g/mol. The van der Waals surface area contributed by atoms with Crippen molar-refractivity contribution in [2.45, 2.75) is 12.0 Å². The molecule has 1 aromatic heterocycles. The number of carbonyl (C=O) groups is 2. The van der Waals surface area contributed by atoms with Crippen LogP contribution in [-0.4, -0.2) is 70.3 Å². The number of amides is 2. The fourth-order valence-corrected chi connectivity index (χ4v) is 3.84. The van der Waals surface area contributed by atoms with Gasteiger partial charge in [0.15, 0.2) is 0 Å². The molecule has 26 heavy (non-hydrogen) atoms. The highest BCUT2D eigenvalue weighted by atomic mass is 16.2. The van der Waals surface area contributed by atoms with Crippen molar-refractivity contribution >= 4 is 17.5 Å². The summed E-state index contributed by atoms with van der Waals surface area (Å²) in [5.74, 6) is -0.0189. The molecular weight excluding hydrogens is 330 g/mol. The zero-order valence-corrected chi connectivity index (χ0v) is 14.7. The molecule has 1 spiro atoms. The molecule has 2 aliphatic rings. The molecule has 0 saturated carbocycles. The summed E-state index contributed by atoms with van der Waals surface area (Å²) in [6.07, 6.45) is 5.41. The number of benzene rings is 1. The van der Waals surface area contributed by atoms with E-state index < -0.39 is 0 Å². The van der Waals surface area contributed by atoms with Crippen LogP contribution in [0.4, 0.5) is 5.69 Å². The molecule has 2 aliphatic heterocycles. The van der Waals surface area contributed by atoms with Gasteiger partial charge in [-0.2, -0.15) is 0 Å². The maximum absolute atomic E-state index is 12.7. The minimum Gasteiger partial charge on any atom is -0.335 e. The molecule has 4 rings (SSSR count). The summed E-state index contributed by atoms with van der Waals surface area (Å²) in [4.78, 5) is 39.1. The van der Waals surface area contributed by atoms with Crippen LogP contribution in [0, 0.1) is 0 Å². The second-order valence-electron chi connectivity index (χ2n) is 6.96. The van der Waals surface area contributed by atoms with E-state index in [1.807, 2.05) is 47.2 Å². The van der Waals surface area contributed by atoms with E-state index in [1.165, 1.54) is 12.4 Å². The fourth-order valence-electron chi connectivity index (χ4n) is 3.84. The van der Waals surface area contributed by atoms with Crippen molar-refractivity contribution in [2.75, 3.05) is 38.1 Å². The topological polar surface area (TPSA) is 69.6 Å². The molecule has 1 atom stereocenters. The Morgan fingerprint density at radius 1 is 1.15 bits per heavy atom. The molecular formula is C19H21N5O2. The minimum absolute atomic E-state index is 0.0861. The number of carbonyl (C=O) groups excluding carboxylic acids is 2. The number of likely N-dealkylation sites (N-methyl/N-ethyl adjacent to an activating group) is 1. The van der Waals surface area contributed by atoms with E-state index in [9.17, 15) is 9.59 Å². The molecule has 3 heterocycles. The predicted octanol–water partition coefficient (Wildman–Crippen LogP) is 1.04. The number of nitrogens with zero attached hydrogens (tertiary/aromatic N) is 5. The van der Waals surface area contributed by atoms with Crippen molar-refractivity contribution in [1.82, 2.24) is 19.8 Å². The van der Waals surface area contributed by atoms with Crippen LogP contribution in [-0.2, 0) is 4.79 Å². The third-order valence-electron chi connectivity index (χ3n) is 5.41. The molecule has 2 fully saturated rings. The molecule has 2 saturated heterocycles. The van der Waals surface area contributed by atoms with Gasteiger partial charge in [-0.1, -0.05) is 18.2 Å². The number of rotatable bonds is 2. The Morgan fingerprint density at radius 3 is 2.69 bits per heavy atom. The lowest BCUT2D eigenvalue weighted by Crippen LogP contribution is -2.64. The van der Waals surface area contributed by atoms with Gasteiger partial charge in [-0.3, -0.25) is 19.5 Å². The highest BCUT2D eigenvalue weighted by Gasteiger charge is 2.48. The van der Waals surface area contributed by atoms with Crippen LogP contribution in [0.1, 0.15) is 16.9 Å². The van der Waals surface area contributed by atoms with Gasteiger partial charge in [0.2, 0.25) is 5.91 Å². The number of likely N-dealkylation sites (tertiary alicyclic amines) is 1. The van der Waals surface area contributed by atoms with E-state index in [2.05, 4.69) is 14.9 Å². The van der Waals surface area contributed by atoms with Crippen molar-refractivity contribution in [3.05, 3.63) is 54.6 Å². The Morgan fingerprint density at radius 2 is 1.96 bits per heavy atom. The maximum atomic E-state index is 12.7. The number of piperazine rings is 1. The molecule has 134 valence electrons. The zero-order valence-electron chi connectivity index (χ0n) is 14.7. The van der Waals surface area contributed by atoms with E-state index >= 15 is 0 Å². The Balaban J connectivity index is 1.56. The first kappa shape index (κ1) is 16.7. The van der Waals surface area contributed by atoms with Crippen molar-refractivity contribution in [2.24, 2.45) is 0 Å². The average Bonchev–Trinajstić information content (AvgIpc) is 3.11. The smallest absolute Gasteiger partial charge is 0.274 e. The Kier molecular flexibility index (Phi) is 4.16. The summed E-state index contributed by atoms with van der Waals surface area (Å²) in [7, 11) is 1.97. The van der Waals surface area contributed by atoms with Crippen LogP contribution >= 0.6 is 0 Å². The molecule has 7 nitrogen and oxygen atoms in total. The number of hydrogen-bond acceptors (Lipinski definition) is 5. The summed E-state index contributed by atoms with van der Waals surface area (Å²) < 4.78 is 0. The number of hydrogen-bond donors (Lipinski definition) is 0. The first-order valence-corrected chi connectivity index (χ1v) is 8.71. The van der Waals surface area contributed by atoms with Gasteiger partial charge in [0.05, 0.1) is 18.3 Å². The van der Waals surface area contributed by atoms with Crippen LogP contribution in [0.3, 0.4) is 0 Å². The van der Waals surface area contributed by atoms with Gasteiger partial charge in [-0.25, -0.2) is 4.98 Å². The summed E-state index contributed by atoms with van der Waals surface area (Å²) in [5, 5.41) is 0. The largest absolute Gasteiger partial charge is 0.335 e. The Hall–Kier alpha value is -2.80. The third-order valence-corrected chi connectivity index (χ3v) is 5.41. The molecule has 0 unspecified atom stereocenters. The van der Waals surface area contributed by atoms with Gasteiger partial charge < -0.3 is 9.80 Å². The Labute approximate surface area is 152 Å². The van der Waals surface area contributed by atoms with Gasteiger partial charge in [-0.05, 0) is 25.6 Å². The molecule has 2 amide bonds. The lowest BCUT2D eigenvalue weighted by molar-refractivity contribution is -0.123. The highest BCUT2D eigenvalue weighted by Crippen LogP contribution is 2.33. The lowest BCUT2D eigenvalue weighted by atomic mass is 9.92. The first-order chi connectivity index (χ1) is 12.6. The summed E-state index contributed by atoms with van der Waals surface area (Å²) >= 11 is 0. The van der Waals surface area contributed by atoms with Crippen molar-refractivity contribution in [1.29, 1.82) is 0 Å². The molecule has 0 aliphatic carbocycles. The van der Waals surface area contributed by atoms with E-state index in [-0.39, 0.29) is 17.4 Å². The molecule has 2 aromatic rings. The van der Waals surface area contributed by atoms with Crippen LogP contribution in [0.15, 0.2) is 48.9 Å². The van der Waals surface area contributed by atoms with Crippen LogP contribution in [0.2, 0.25) is 0 Å². The standard InChI is InChI=1S/C19H21N5O2/c1-22-12-17(25)24(15-5-3-2-4-6-15)14-19(22)7-10-23(13-19)18(26)16-11-20-8-9-21-16/h2-6,8-9,11H,7,10,12-14H2,1H3/t19-/m1/s1. The second kappa shape index (κ2) is 6.49. The molecule has 0 N–H and O–H groups in total. The normalized spacial score (nSPS) is 23.7. The van der Waals surface area contributed by atoms with Gasteiger partial charge in [0.25, 0.3) is 5.91 Å². The molecule has 0 radical (unpaired) electrons. The molecule has 0 bridgehead atoms. The van der Waals surface area contributed by atoms with Gasteiger partial charge in [0.1, 0.15) is 5.69 Å². The fraction of sp³-hybridized carbons (Fsp3) is 0.368. The van der Waals surface area contributed by atoms with Crippen LogP contribution in [0.25, 0.3) is 0 Å². The quantitative estimate of drug-likeness (QED) is 0.809.